The van der Waals surface area contributed by atoms with Crippen LogP contribution in [0.15, 0.2) is 64.6 Å². The Morgan fingerprint density at radius 1 is 1.07 bits per heavy atom. The van der Waals surface area contributed by atoms with Gasteiger partial charge in [0.2, 0.25) is 0 Å². The summed E-state index contributed by atoms with van der Waals surface area (Å²) in [6.45, 7) is 1.45. The largest absolute Gasteiger partial charge is 0.467 e. The average molecular weight is 384 g/mol. The highest BCUT2D eigenvalue weighted by atomic mass is 32.1. The molecule has 0 aliphatic rings. The van der Waals surface area contributed by atoms with E-state index in [9.17, 15) is 9.59 Å². The summed E-state index contributed by atoms with van der Waals surface area (Å²) in [7, 11) is 0. The van der Waals surface area contributed by atoms with E-state index in [4.69, 9.17) is 9.15 Å². The zero-order valence-corrected chi connectivity index (χ0v) is 15.5. The van der Waals surface area contributed by atoms with Crippen LogP contribution in [-0.4, -0.2) is 25.0 Å². The third-order valence-electron chi connectivity index (χ3n) is 3.70. The number of nitrogens with one attached hydrogen (secondary N) is 2. The van der Waals surface area contributed by atoms with Gasteiger partial charge in [-0.15, -0.1) is 11.3 Å². The molecule has 0 bridgehead atoms. The van der Waals surface area contributed by atoms with Gasteiger partial charge in [0.1, 0.15) is 12.4 Å². The number of hydrogen-bond acceptors (Lipinski definition) is 5. The molecule has 0 saturated carbocycles. The van der Waals surface area contributed by atoms with Gasteiger partial charge in [-0.2, -0.15) is 0 Å². The van der Waals surface area contributed by atoms with Crippen LogP contribution in [0.2, 0.25) is 0 Å². The molecule has 0 unspecified atom stereocenters. The van der Waals surface area contributed by atoms with Crippen LogP contribution in [0.5, 0.6) is 0 Å². The Kier molecular flexibility index (Phi) is 6.78. The molecule has 2 amide bonds. The number of amides is 2. The summed E-state index contributed by atoms with van der Waals surface area (Å²) in [4.78, 5) is 25.0. The lowest BCUT2D eigenvalue weighted by molar-refractivity contribution is 0.0916. The molecular formula is C20H20N2O4S. The van der Waals surface area contributed by atoms with E-state index in [1.165, 1.54) is 11.3 Å². The molecule has 0 spiro atoms. The predicted molar refractivity (Wildman–Crippen MR) is 104 cm³/mol. The molecule has 0 radical (unpaired) electrons. The number of carbonyl (C=O) groups is 2. The second kappa shape index (κ2) is 9.70. The molecule has 1 aromatic carbocycles. The third kappa shape index (κ3) is 5.80. The van der Waals surface area contributed by atoms with E-state index >= 15 is 0 Å². The Morgan fingerprint density at radius 2 is 2.00 bits per heavy atom. The molecule has 3 aromatic rings. The maximum absolute atomic E-state index is 12.3. The van der Waals surface area contributed by atoms with Gasteiger partial charge in [-0.25, -0.2) is 0 Å². The fraction of sp³-hybridized carbons (Fsp3) is 0.200. The molecule has 2 N–H and O–H groups in total. The van der Waals surface area contributed by atoms with Crippen molar-refractivity contribution in [2.45, 2.75) is 13.0 Å². The van der Waals surface area contributed by atoms with Crippen LogP contribution in [0, 0.1) is 0 Å². The molecular weight excluding hydrogens is 364 g/mol. The van der Waals surface area contributed by atoms with Gasteiger partial charge in [0, 0.05) is 24.4 Å². The van der Waals surface area contributed by atoms with Crippen LogP contribution in [0.25, 0.3) is 0 Å². The molecule has 2 heterocycles. The monoisotopic (exact) mass is 384 g/mol. The fourth-order valence-corrected chi connectivity index (χ4v) is 3.00. The van der Waals surface area contributed by atoms with Crippen molar-refractivity contribution in [2.75, 3.05) is 18.5 Å². The third-order valence-corrected chi connectivity index (χ3v) is 4.57. The molecule has 0 aliphatic heterocycles. The van der Waals surface area contributed by atoms with Gasteiger partial charge < -0.3 is 19.8 Å². The van der Waals surface area contributed by atoms with Crippen molar-refractivity contribution in [3.05, 3.63) is 76.4 Å². The summed E-state index contributed by atoms with van der Waals surface area (Å²) in [5.41, 5.74) is 1.08. The summed E-state index contributed by atoms with van der Waals surface area (Å²) in [5, 5.41) is 7.49. The molecule has 6 nitrogen and oxygen atoms in total. The highest BCUT2D eigenvalue weighted by molar-refractivity contribution is 7.12. The maximum atomic E-state index is 12.3. The van der Waals surface area contributed by atoms with Gasteiger partial charge in [-0.05, 0) is 48.2 Å². The number of ether oxygens (including phenoxy) is 1. The number of furan rings is 1. The zero-order valence-electron chi connectivity index (χ0n) is 14.6. The predicted octanol–water partition coefficient (Wildman–Crippen LogP) is 3.93. The minimum atomic E-state index is -0.187. The van der Waals surface area contributed by atoms with Gasteiger partial charge >= 0.3 is 0 Å². The average Bonchev–Trinajstić information content (AvgIpc) is 3.38. The standard InChI is InChI=1S/C20H20N2O4S/c23-19(21-9-4-10-25-14-17-7-2-11-26-17)15-5-1-6-16(13-15)22-20(24)18-8-3-12-27-18/h1-3,5-8,11-13H,4,9-10,14H2,(H,21,23)(H,22,24). The lowest BCUT2D eigenvalue weighted by Crippen LogP contribution is -2.25. The summed E-state index contributed by atoms with van der Waals surface area (Å²) < 4.78 is 10.6. The van der Waals surface area contributed by atoms with E-state index in [-0.39, 0.29) is 11.8 Å². The van der Waals surface area contributed by atoms with E-state index in [1.54, 1.807) is 36.6 Å². The fourth-order valence-electron chi connectivity index (χ4n) is 2.38. The Bertz CT molecular complexity index is 860. The van der Waals surface area contributed by atoms with Crippen molar-refractivity contribution in [2.24, 2.45) is 0 Å². The number of rotatable bonds is 9. The Hall–Kier alpha value is -2.90. The Morgan fingerprint density at radius 3 is 2.78 bits per heavy atom. The van der Waals surface area contributed by atoms with Crippen molar-refractivity contribution >= 4 is 28.8 Å². The van der Waals surface area contributed by atoms with E-state index in [0.29, 0.717) is 42.3 Å². The first-order valence-corrected chi connectivity index (χ1v) is 9.43. The highest BCUT2D eigenvalue weighted by Crippen LogP contribution is 2.15. The lowest BCUT2D eigenvalue weighted by Gasteiger charge is -2.08. The molecule has 0 fully saturated rings. The molecule has 7 heteroatoms. The molecule has 0 atom stereocenters. The van der Waals surface area contributed by atoms with Crippen LogP contribution in [-0.2, 0) is 11.3 Å². The first-order chi connectivity index (χ1) is 13.2. The van der Waals surface area contributed by atoms with E-state index in [0.717, 1.165) is 5.76 Å². The van der Waals surface area contributed by atoms with Crippen molar-refractivity contribution in [3.8, 4) is 0 Å². The first-order valence-electron chi connectivity index (χ1n) is 8.55. The number of anilines is 1. The van der Waals surface area contributed by atoms with Gasteiger partial charge in [0.25, 0.3) is 11.8 Å². The molecule has 2 aromatic heterocycles. The maximum Gasteiger partial charge on any atom is 0.265 e. The normalized spacial score (nSPS) is 10.5. The van der Waals surface area contributed by atoms with Crippen molar-refractivity contribution in [3.63, 3.8) is 0 Å². The topological polar surface area (TPSA) is 80.6 Å². The SMILES string of the molecule is O=C(NCCCOCc1ccco1)c1cccc(NC(=O)c2cccs2)c1. The van der Waals surface area contributed by atoms with Crippen LogP contribution >= 0.6 is 11.3 Å². The van der Waals surface area contributed by atoms with Crippen molar-refractivity contribution < 1.29 is 18.7 Å². The van der Waals surface area contributed by atoms with Gasteiger partial charge in [-0.3, -0.25) is 9.59 Å². The van der Waals surface area contributed by atoms with E-state index in [1.807, 2.05) is 23.6 Å². The van der Waals surface area contributed by atoms with Crippen molar-refractivity contribution in [1.29, 1.82) is 0 Å². The smallest absolute Gasteiger partial charge is 0.265 e. The van der Waals surface area contributed by atoms with Crippen LogP contribution in [0.3, 0.4) is 0 Å². The van der Waals surface area contributed by atoms with E-state index < -0.39 is 0 Å². The van der Waals surface area contributed by atoms with E-state index in [2.05, 4.69) is 10.6 Å². The number of carbonyl (C=O) groups excluding carboxylic acids is 2. The number of hydrogen-bond donors (Lipinski definition) is 2. The molecule has 140 valence electrons. The summed E-state index contributed by atoms with van der Waals surface area (Å²) in [6, 6.07) is 14.1. The molecule has 0 aliphatic carbocycles. The Labute approximate surface area is 161 Å². The second-order valence-corrected chi connectivity index (χ2v) is 6.70. The second-order valence-electron chi connectivity index (χ2n) is 5.75. The quantitative estimate of drug-likeness (QED) is 0.548. The molecule has 3 rings (SSSR count). The van der Waals surface area contributed by atoms with Crippen LogP contribution in [0.1, 0.15) is 32.2 Å². The Balaban J connectivity index is 1.41. The molecule has 0 saturated heterocycles. The van der Waals surface area contributed by atoms with Gasteiger partial charge in [0.15, 0.2) is 0 Å². The zero-order chi connectivity index (χ0) is 18.9. The van der Waals surface area contributed by atoms with Gasteiger partial charge in [-0.1, -0.05) is 12.1 Å². The van der Waals surface area contributed by atoms with Crippen molar-refractivity contribution in [1.82, 2.24) is 5.32 Å². The van der Waals surface area contributed by atoms with Crippen LogP contribution in [0.4, 0.5) is 5.69 Å². The lowest BCUT2D eigenvalue weighted by atomic mass is 10.2. The summed E-state index contributed by atoms with van der Waals surface area (Å²) in [6.07, 6.45) is 2.30. The van der Waals surface area contributed by atoms with Gasteiger partial charge in [0.05, 0.1) is 11.1 Å². The summed E-state index contributed by atoms with van der Waals surface area (Å²) >= 11 is 1.37. The minimum Gasteiger partial charge on any atom is -0.467 e. The summed E-state index contributed by atoms with van der Waals surface area (Å²) in [5.74, 6) is 0.407. The number of thiophene rings is 1. The first kappa shape index (κ1) is 18.9. The number of benzene rings is 1. The highest BCUT2D eigenvalue weighted by Gasteiger charge is 2.09. The van der Waals surface area contributed by atoms with Crippen LogP contribution < -0.4 is 10.6 Å². The molecule has 27 heavy (non-hydrogen) atoms. The minimum absolute atomic E-state index is 0.184.